The van der Waals surface area contributed by atoms with Gasteiger partial charge in [-0.2, -0.15) is 30.3 Å². The maximum Gasteiger partial charge on any atom is 2.00 e. The standard InChI is InChI=1S/C11H8N.BrH.Mg/c1-2-6-10(7-3-1)11-8-4-5-9-12-11;;/h2-9H;1H;/q-1;;+2/p-1. The number of hydrogen-bond donors (Lipinski definition) is 0. The molecule has 2 aromatic rings. The summed E-state index contributed by atoms with van der Waals surface area (Å²) in [5.74, 6) is 0. The van der Waals surface area contributed by atoms with Gasteiger partial charge < -0.3 is 17.0 Å². The molecule has 0 bridgehead atoms. The van der Waals surface area contributed by atoms with Gasteiger partial charge in [0.1, 0.15) is 0 Å². The zero-order valence-corrected chi connectivity index (χ0v) is 10.7. The minimum Gasteiger partial charge on any atom is -1.00 e. The van der Waals surface area contributed by atoms with Crippen LogP contribution in [0.25, 0.3) is 11.3 Å². The molecule has 0 aliphatic heterocycles. The SMILES string of the molecule is [Br-].[Mg+2].[c-]1ccc(-c2ccccn2)cc1. The van der Waals surface area contributed by atoms with E-state index in [0.29, 0.717) is 0 Å². The summed E-state index contributed by atoms with van der Waals surface area (Å²) in [5.41, 5.74) is 2.14. The Hall–Kier alpha value is -0.384. The second kappa shape index (κ2) is 6.98. The zero-order chi connectivity index (χ0) is 8.23. The maximum absolute atomic E-state index is 4.24. The van der Waals surface area contributed by atoms with Gasteiger partial charge in [-0.25, -0.2) is 0 Å². The van der Waals surface area contributed by atoms with E-state index in [9.17, 15) is 0 Å². The number of halogens is 1. The average molecular weight is 258 g/mol. The van der Waals surface area contributed by atoms with Gasteiger partial charge in [0.25, 0.3) is 0 Å². The summed E-state index contributed by atoms with van der Waals surface area (Å²) < 4.78 is 0. The van der Waals surface area contributed by atoms with Crippen molar-refractivity contribution >= 4 is 23.1 Å². The fourth-order valence-electron chi connectivity index (χ4n) is 1.09. The van der Waals surface area contributed by atoms with E-state index < -0.39 is 0 Å². The molecule has 0 saturated carbocycles. The van der Waals surface area contributed by atoms with Gasteiger partial charge in [0.15, 0.2) is 0 Å². The Bertz CT molecular complexity index is 313. The molecule has 0 unspecified atom stereocenters. The van der Waals surface area contributed by atoms with E-state index in [1.807, 2.05) is 42.5 Å². The zero-order valence-electron chi connectivity index (χ0n) is 7.65. The van der Waals surface area contributed by atoms with Crippen molar-refractivity contribution in [2.45, 2.75) is 0 Å². The monoisotopic (exact) mass is 257 g/mol. The van der Waals surface area contributed by atoms with Crippen LogP contribution in [0.2, 0.25) is 0 Å². The molecule has 2 rings (SSSR count). The number of nitrogens with zero attached hydrogens (tertiary/aromatic N) is 1. The normalized spacial score (nSPS) is 8.29. The summed E-state index contributed by atoms with van der Waals surface area (Å²) in [4.78, 5) is 4.24. The molecule has 14 heavy (non-hydrogen) atoms. The molecule has 0 fully saturated rings. The van der Waals surface area contributed by atoms with Gasteiger partial charge in [0, 0.05) is 11.9 Å². The Balaban J connectivity index is 0.000000845. The number of rotatable bonds is 1. The van der Waals surface area contributed by atoms with Crippen LogP contribution in [-0.4, -0.2) is 28.0 Å². The summed E-state index contributed by atoms with van der Waals surface area (Å²) in [6.45, 7) is 0. The Kier molecular flexibility index (Phi) is 6.79. The molecule has 0 N–H and O–H groups in total. The smallest absolute Gasteiger partial charge is 1.00 e. The van der Waals surface area contributed by atoms with E-state index in [-0.39, 0.29) is 40.0 Å². The number of hydrogen-bond acceptors (Lipinski definition) is 1. The summed E-state index contributed by atoms with van der Waals surface area (Å²) in [6.07, 6.45) is 1.80. The van der Waals surface area contributed by atoms with E-state index in [2.05, 4.69) is 11.1 Å². The first kappa shape index (κ1) is 13.6. The third kappa shape index (κ3) is 3.40. The van der Waals surface area contributed by atoms with Gasteiger partial charge in [-0.1, -0.05) is 6.07 Å². The van der Waals surface area contributed by atoms with Crippen molar-refractivity contribution in [1.29, 1.82) is 0 Å². The van der Waals surface area contributed by atoms with E-state index in [0.717, 1.165) is 11.3 Å². The molecule has 0 aliphatic carbocycles. The largest absolute Gasteiger partial charge is 2.00 e. The van der Waals surface area contributed by atoms with Crippen LogP contribution in [0.5, 0.6) is 0 Å². The van der Waals surface area contributed by atoms with E-state index in [4.69, 9.17) is 0 Å². The van der Waals surface area contributed by atoms with Crippen LogP contribution in [0.4, 0.5) is 0 Å². The van der Waals surface area contributed by atoms with E-state index in [1.165, 1.54) is 0 Å². The van der Waals surface area contributed by atoms with Gasteiger partial charge in [-0.15, -0.1) is 5.56 Å². The predicted molar refractivity (Wildman–Crippen MR) is 54.3 cm³/mol. The maximum atomic E-state index is 4.24. The van der Waals surface area contributed by atoms with Gasteiger partial charge in [-0.3, -0.25) is 4.98 Å². The van der Waals surface area contributed by atoms with Crippen molar-refractivity contribution in [3.8, 4) is 11.3 Å². The first-order chi connectivity index (χ1) is 5.97. The number of aromatic nitrogens is 1. The third-order valence-electron chi connectivity index (χ3n) is 1.68. The molecule has 0 aliphatic rings. The Labute approximate surface area is 110 Å². The topological polar surface area (TPSA) is 12.9 Å². The summed E-state index contributed by atoms with van der Waals surface area (Å²) in [5, 5.41) is 0. The van der Waals surface area contributed by atoms with Crippen molar-refractivity contribution in [1.82, 2.24) is 4.98 Å². The summed E-state index contributed by atoms with van der Waals surface area (Å²) in [7, 11) is 0. The molecule has 0 atom stereocenters. The Morgan fingerprint density at radius 3 is 2.29 bits per heavy atom. The van der Waals surface area contributed by atoms with Gasteiger partial charge >= 0.3 is 23.1 Å². The van der Waals surface area contributed by atoms with Crippen LogP contribution in [0, 0.1) is 6.07 Å². The van der Waals surface area contributed by atoms with Crippen molar-refractivity contribution in [3.63, 3.8) is 0 Å². The van der Waals surface area contributed by atoms with Crippen LogP contribution in [0.3, 0.4) is 0 Å². The Morgan fingerprint density at radius 2 is 1.71 bits per heavy atom. The molecule has 0 radical (unpaired) electrons. The summed E-state index contributed by atoms with van der Waals surface area (Å²) >= 11 is 0. The fraction of sp³-hybridized carbons (Fsp3) is 0. The second-order valence-electron chi connectivity index (χ2n) is 2.50. The van der Waals surface area contributed by atoms with Crippen LogP contribution < -0.4 is 17.0 Å². The molecule has 3 heteroatoms. The van der Waals surface area contributed by atoms with Crippen molar-refractivity contribution in [2.75, 3.05) is 0 Å². The molecular formula is C11H8BrMgN. The number of pyridine rings is 1. The van der Waals surface area contributed by atoms with Crippen LogP contribution in [-0.2, 0) is 0 Å². The molecule has 1 aromatic heterocycles. The van der Waals surface area contributed by atoms with Crippen LogP contribution >= 0.6 is 0 Å². The molecule has 1 aromatic carbocycles. The van der Waals surface area contributed by atoms with Crippen LogP contribution in [0.1, 0.15) is 0 Å². The fourth-order valence-corrected chi connectivity index (χ4v) is 1.09. The molecule has 0 spiro atoms. The number of benzene rings is 1. The Morgan fingerprint density at radius 1 is 1.00 bits per heavy atom. The van der Waals surface area contributed by atoms with Gasteiger partial charge in [-0.05, 0) is 12.1 Å². The molecule has 1 heterocycles. The summed E-state index contributed by atoms with van der Waals surface area (Å²) in [6, 6.07) is 16.7. The molecular weight excluding hydrogens is 250 g/mol. The first-order valence-electron chi connectivity index (χ1n) is 3.84. The molecule has 66 valence electrons. The van der Waals surface area contributed by atoms with E-state index >= 15 is 0 Å². The molecule has 0 saturated heterocycles. The molecule has 0 amide bonds. The predicted octanol–water partition coefficient (Wildman–Crippen LogP) is -0.828. The minimum atomic E-state index is 0. The first-order valence-corrected chi connectivity index (χ1v) is 3.84. The van der Waals surface area contributed by atoms with Crippen molar-refractivity contribution in [2.24, 2.45) is 0 Å². The van der Waals surface area contributed by atoms with Crippen molar-refractivity contribution < 1.29 is 17.0 Å². The average Bonchev–Trinajstić information content (AvgIpc) is 2.21. The van der Waals surface area contributed by atoms with Gasteiger partial charge in [0.05, 0.1) is 0 Å². The van der Waals surface area contributed by atoms with Crippen molar-refractivity contribution in [3.05, 3.63) is 54.7 Å². The molecule has 1 nitrogen and oxygen atoms in total. The van der Waals surface area contributed by atoms with Crippen LogP contribution in [0.15, 0.2) is 48.7 Å². The minimum absolute atomic E-state index is 0. The second-order valence-corrected chi connectivity index (χ2v) is 2.50. The third-order valence-corrected chi connectivity index (χ3v) is 1.68. The van der Waals surface area contributed by atoms with Gasteiger partial charge in [0.2, 0.25) is 0 Å². The quantitative estimate of drug-likeness (QED) is 0.481. The van der Waals surface area contributed by atoms with E-state index in [1.54, 1.807) is 6.20 Å².